The predicted octanol–water partition coefficient (Wildman–Crippen LogP) is 2.28. The highest BCUT2D eigenvalue weighted by atomic mass is 79.9. The molecule has 1 aliphatic carbocycles. The van der Waals surface area contributed by atoms with Crippen molar-refractivity contribution in [3.63, 3.8) is 0 Å². The molecule has 3 nitrogen and oxygen atoms in total. The molecule has 4 heteroatoms. The van der Waals surface area contributed by atoms with E-state index in [1.165, 1.54) is 5.56 Å². The third-order valence-corrected chi connectivity index (χ3v) is 3.43. The Hall–Kier alpha value is -0.740. The van der Waals surface area contributed by atoms with Crippen LogP contribution in [-0.4, -0.2) is 20.3 Å². The van der Waals surface area contributed by atoms with Crippen molar-refractivity contribution in [3.05, 3.63) is 22.2 Å². The summed E-state index contributed by atoms with van der Waals surface area (Å²) in [6.45, 7) is 0. The zero-order chi connectivity index (χ0) is 11.0. The van der Waals surface area contributed by atoms with Crippen molar-refractivity contribution in [3.8, 4) is 11.5 Å². The number of halogens is 1. The molecule has 1 fully saturated rings. The van der Waals surface area contributed by atoms with Crippen LogP contribution in [0.2, 0.25) is 0 Å². The summed E-state index contributed by atoms with van der Waals surface area (Å²) in [5.74, 6) is 1.95. The minimum Gasteiger partial charge on any atom is -0.493 e. The van der Waals surface area contributed by atoms with Crippen molar-refractivity contribution in [1.29, 1.82) is 0 Å². The molecule has 0 aromatic heterocycles. The Labute approximate surface area is 97.7 Å². The number of benzene rings is 1. The topological polar surface area (TPSA) is 44.5 Å². The Morgan fingerprint density at radius 1 is 1.27 bits per heavy atom. The summed E-state index contributed by atoms with van der Waals surface area (Å²) < 4.78 is 11.5. The summed E-state index contributed by atoms with van der Waals surface area (Å²) >= 11 is 3.53. The Bertz CT molecular complexity index is 381. The van der Waals surface area contributed by atoms with E-state index in [1.54, 1.807) is 14.2 Å². The van der Waals surface area contributed by atoms with Gasteiger partial charge in [-0.15, -0.1) is 0 Å². The number of hydrogen-bond acceptors (Lipinski definition) is 3. The highest BCUT2D eigenvalue weighted by Gasteiger charge is 2.36. The van der Waals surface area contributed by atoms with E-state index in [4.69, 9.17) is 15.2 Å². The molecule has 0 heterocycles. The van der Waals surface area contributed by atoms with Crippen molar-refractivity contribution in [2.24, 2.45) is 5.73 Å². The normalized spacial score (nSPS) is 23.7. The SMILES string of the molecule is COc1cc(Br)c(C2CC2N)cc1OC. The van der Waals surface area contributed by atoms with Gasteiger partial charge >= 0.3 is 0 Å². The van der Waals surface area contributed by atoms with E-state index in [0.717, 1.165) is 22.4 Å². The monoisotopic (exact) mass is 271 g/mol. The van der Waals surface area contributed by atoms with Crippen molar-refractivity contribution < 1.29 is 9.47 Å². The molecule has 0 amide bonds. The molecule has 1 aliphatic rings. The first-order chi connectivity index (χ1) is 7.17. The molecule has 2 rings (SSSR count). The fourth-order valence-electron chi connectivity index (χ4n) is 1.73. The van der Waals surface area contributed by atoms with Gasteiger partial charge in [0.2, 0.25) is 0 Å². The molecule has 0 aliphatic heterocycles. The maximum atomic E-state index is 5.84. The van der Waals surface area contributed by atoms with E-state index in [9.17, 15) is 0 Å². The molecular formula is C11H14BrNO2. The molecule has 1 saturated carbocycles. The van der Waals surface area contributed by atoms with Gasteiger partial charge in [-0.3, -0.25) is 0 Å². The predicted molar refractivity (Wildman–Crippen MR) is 62.6 cm³/mol. The van der Waals surface area contributed by atoms with E-state index < -0.39 is 0 Å². The Morgan fingerprint density at radius 2 is 1.80 bits per heavy atom. The van der Waals surface area contributed by atoms with Crippen LogP contribution < -0.4 is 15.2 Å². The fraction of sp³-hybridized carbons (Fsp3) is 0.455. The molecule has 0 bridgehead atoms. The van der Waals surface area contributed by atoms with Crippen LogP contribution in [0.3, 0.4) is 0 Å². The molecule has 2 unspecified atom stereocenters. The first-order valence-electron chi connectivity index (χ1n) is 4.84. The third kappa shape index (κ3) is 1.96. The average Bonchev–Trinajstić information content (AvgIpc) is 2.94. The average molecular weight is 272 g/mol. The van der Waals surface area contributed by atoms with Gasteiger partial charge in [-0.25, -0.2) is 0 Å². The highest BCUT2D eigenvalue weighted by molar-refractivity contribution is 9.10. The van der Waals surface area contributed by atoms with Gasteiger partial charge in [0.25, 0.3) is 0 Å². The van der Waals surface area contributed by atoms with E-state index in [0.29, 0.717) is 12.0 Å². The van der Waals surface area contributed by atoms with Crippen LogP contribution in [0.1, 0.15) is 17.9 Å². The zero-order valence-electron chi connectivity index (χ0n) is 8.79. The van der Waals surface area contributed by atoms with Gasteiger partial charge in [-0.05, 0) is 24.1 Å². The van der Waals surface area contributed by atoms with E-state index >= 15 is 0 Å². The lowest BCUT2D eigenvalue weighted by Crippen LogP contribution is -2.02. The second-order valence-corrected chi connectivity index (χ2v) is 4.59. The summed E-state index contributed by atoms with van der Waals surface area (Å²) in [6, 6.07) is 4.22. The summed E-state index contributed by atoms with van der Waals surface area (Å²) in [4.78, 5) is 0. The maximum absolute atomic E-state index is 5.84. The fourth-order valence-corrected chi connectivity index (χ4v) is 2.34. The molecule has 2 atom stereocenters. The Morgan fingerprint density at radius 3 is 2.27 bits per heavy atom. The first kappa shape index (κ1) is 10.8. The first-order valence-corrected chi connectivity index (χ1v) is 5.63. The quantitative estimate of drug-likeness (QED) is 0.918. The second-order valence-electron chi connectivity index (χ2n) is 3.73. The molecule has 1 aromatic carbocycles. The van der Waals surface area contributed by atoms with Crippen molar-refractivity contribution in [2.45, 2.75) is 18.4 Å². The van der Waals surface area contributed by atoms with Crippen molar-refractivity contribution in [2.75, 3.05) is 14.2 Å². The number of ether oxygens (including phenoxy) is 2. The van der Waals surface area contributed by atoms with Gasteiger partial charge < -0.3 is 15.2 Å². The van der Waals surface area contributed by atoms with E-state index in [2.05, 4.69) is 15.9 Å². The number of rotatable bonds is 3. The number of nitrogens with two attached hydrogens (primary N) is 1. The largest absolute Gasteiger partial charge is 0.493 e. The van der Waals surface area contributed by atoms with Gasteiger partial charge in [-0.1, -0.05) is 15.9 Å². The Balaban J connectivity index is 2.39. The van der Waals surface area contributed by atoms with Crippen LogP contribution >= 0.6 is 15.9 Å². The second kappa shape index (κ2) is 4.02. The van der Waals surface area contributed by atoms with Crippen molar-refractivity contribution in [1.82, 2.24) is 0 Å². The molecule has 0 radical (unpaired) electrons. The molecule has 0 spiro atoms. The summed E-state index contributed by atoms with van der Waals surface area (Å²) in [5.41, 5.74) is 7.05. The van der Waals surface area contributed by atoms with Crippen LogP contribution in [-0.2, 0) is 0 Å². The van der Waals surface area contributed by atoms with Crippen LogP contribution in [0.4, 0.5) is 0 Å². The molecule has 1 aromatic rings. The van der Waals surface area contributed by atoms with E-state index in [1.807, 2.05) is 12.1 Å². The molecule has 15 heavy (non-hydrogen) atoms. The zero-order valence-corrected chi connectivity index (χ0v) is 10.4. The lowest BCUT2D eigenvalue weighted by atomic mass is 10.1. The summed E-state index contributed by atoms with van der Waals surface area (Å²) in [6.07, 6.45) is 1.05. The standard InChI is InChI=1S/C11H14BrNO2/c1-14-10-4-6(7-3-9(7)13)8(12)5-11(10)15-2/h4-5,7,9H,3,13H2,1-2H3. The van der Waals surface area contributed by atoms with Gasteiger partial charge in [0.1, 0.15) is 0 Å². The highest BCUT2D eigenvalue weighted by Crippen LogP contribution is 2.45. The van der Waals surface area contributed by atoms with Gasteiger partial charge in [0, 0.05) is 16.4 Å². The molecular weight excluding hydrogens is 258 g/mol. The van der Waals surface area contributed by atoms with Crippen molar-refractivity contribution >= 4 is 15.9 Å². The lowest BCUT2D eigenvalue weighted by Gasteiger charge is -2.11. The lowest BCUT2D eigenvalue weighted by molar-refractivity contribution is 0.354. The summed E-state index contributed by atoms with van der Waals surface area (Å²) in [5, 5.41) is 0. The van der Waals surface area contributed by atoms with Gasteiger partial charge in [0.05, 0.1) is 14.2 Å². The van der Waals surface area contributed by atoms with Crippen LogP contribution in [0.15, 0.2) is 16.6 Å². The molecule has 2 N–H and O–H groups in total. The smallest absolute Gasteiger partial charge is 0.161 e. The van der Waals surface area contributed by atoms with Gasteiger partial charge in [0.15, 0.2) is 11.5 Å². The maximum Gasteiger partial charge on any atom is 0.161 e. The Kier molecular flexibility index (Phi) is 2.89. The van der Waals surface area contributed by atoms with Gasteiger partial charge in [-0.2, -0.15) is 0 Å². The number of hydrogen-bond donors (Lipinski definition) is 1. The van der Waals surface area contributed by atoms with Crippen LogP contribution in [0.5, 0.6) is 11.5 Å². The van der Waals surface area contributed by atoms with Crippen LogP contribution in [0, 0.1) is 0 Å². The van der Waals surface area contributed by atoms with Crippen LogP contribution in [0.25, 0.3) is 0 Å². The summed E-state index contributed by atoms with van der Waals surface area (Å²) in [7, 11) is 3.27. The minimum absolute atomic E-state index is 0.291. The minimum atomic E-state index is 0.291. The van der Waals surface area contributed by atoms with E-state index in [-0.39, 0.29) is 0 Å². The number of methoxy groups -OCH3 is 2. The molecule has 82 valence electrons. The molecule has 0 saturated heterocycles. The third-order valence-electron chi connectivity index (χ3n) is 2.74.